The normalized spacial score (nSPS) is 12.3. The summed E-state index contributed by atoms with van der Waals surface area (Å²) in [7, 11) is 3.25. The van der Waals surface area contributed by atoms with E-state index in [2.05, 4.69) is 14.5 Å². The quantitative estimate of drug-likeness (QED) is 0.382. The van der Waals surface area contributed by atoms with Gasteiger partial charge in [-0.05, 0) is 54.1 Å². The molecule has 0 aliphatic carbocycles. The summed E-state index contributed by atoms with van der Waals surface area (Å²) >= 11 is 6.66. The molecule has 5 nitrogen and oxygen atoms in total. The minimum absolute atomic E-state index is 0.269. The molecule has 0 unspecified atom stereocenters. The molecule has 32 heavy (non-hydrogen) atoms. The number of imidazole rings is 1. The third-order valence-electron chi connectivity index (χ3n) is 5.69. The Morgan fingerprint density at radius 2 is 1.78 bits per heavy atom. The van der Waals surface area contributed by atoms with E-state index in [4.69, 9.17) is 21.1 Å². The molecule has 0 N–H and O–H groups in total. The predicted octanol–water partition coefficient (Wildman–Crippen LogP) is 5.87. The van der Waals surface area contributed by atoms with Crippen LogP contribution < -0.4 is 14.4 Å². The van der Waals surface area contributed by atoms with E-state index in [0.717, 1.165) is 33.9 Å². The van der Waals surface area contributed by atoms with Crippen molar-refractivity contribution in [3.05, 3.63) is 89.1 Å². The maximum Gasteiger partial charge on any atom is 0.161 e. The molecule has 0 saturated heterocycles. The Balaban J connectivity index is 1.58. The van der Waals surface area contributed by atoms with Gasteiger partial charge in [-0.1, -0.05) is 23.7 Å². The van der Waals surface area contributed by atoms with Crippen LogP contribution in [-0.2, 0) is 13.1 Å². The van der Waals surface area contributed by atoms with Crippen LogP contribution >= 0.6 is 11.6 Å². The Labute approximate surface area is 190 Å². The first-order valence-electron chi connectivity index (χ1n) is 10.2. The number of anilines is 1. The van der Waals surface area contributed by atoms with Gasteiger partial charge in [-0.2, -0.15) is 0 Å². The van der Waals surface area contributed by atoms with Gasteiger partial charge >= 0.3 is 0 Å². The smallest absolute Gasteiger partial charge is 0.161 e. The number of halogens is 2. The number of aromatic nitrogens is 2. The third kappa shape index (κ3) is 3.46. The number of nitrogens with zero attached hydrogens (tertiary/aromatic N) is 3. The number of para-hydroxylation sites is 1. The number of hydrogen-bond donors (Lipinski definition) is 0. The number of hydrogen-bond acceptors (Lipinski definition) is 4. The minimum Gasteiger partial charge on any atom is -0.493 e. The van der Waals surface area contributed by atoms with Crippen molar-refractivity contribution in [1.82, 2.24) is 9.55 Å². The fraction of sp³-hybridized carbons (Fsp3) is 0.160. The molecular weight excluding hydrogens is 429 g/mol. The molecule has 0 radical (unpaired) electrons. The van der Waals surface area contributed by atoms with E-state index in [0.29, 0.717) is 29.6 Å². The van der Waals surface area contributed by atoms with Crippen LogP contribution in [-0.4, -0.2) is 23.8 Å². The molecule has 0 spiro atoms. The Morgan fingerprint density at radius 3 is 2.53 bits per heavy atom. The van der Waals surface area contributed by atoms with Crippen molar-refractivity contribution in [3.8, 4) is 28.4 Å². The van der Waals surface area contributed by atoms with Crippen LogP contribution in [0.3, 0.4) is 0 Å². The molecule has 4 aromatic rings. The highest BCUT2D eigenvalue weighted by atomic mass is 35.5. The minimum atomic E-state index is -0.269. The van der Waals surface area contributed by atoms with Crippen LogP contribution in [0.1, 0.15) is 11.3 Å². The summed E-state index contributed by atoms with van der Waals surface area (Å²) in [5, 5.41) is 0.672. The maximum atomic E-state index is 13.5. The molecule has 0 atom stereocenters. The van der Waals surface area contributed by atoms with E-state index in [1.165, 1.54) is 12.1 Å². The molecule has 0 fully saturated rings. The zero-order valence-electron chi connectivity index (χ0n) is 17.7. The molecule has 1 aromatic heterocycles. The zero-order chi connectivity index (χ0) is 22.2. The summed E-state index contributed by atoms with van der Waals surface area (Å²) in [5.41, 5.74) is 5.68. The van der Waals surface area contributed by atoms with Gasteiger partial charge in [0.2, 0.25) is 0 Å². The van der Waals surface area contributed by atoms with Gasteiger partial charge in [0.25, 0.3) is 0 Å². The Hall–Kier alpha value is -3.51. The summed E-state index contributed by atoms with van der Waals surface area (Å²) in [6, 6.07) is 18.2. The molecule has 1 aliphatic rings. The molecule has 0 bridgehead atoms. The maximum absolute atomic E-state index is 13.5. The topological polar surface area (TPSA) is 39.5 Å². The Kier molecular flexibility index (Phi) is 5.23. The highest BCUT2D eigenvalue weighted by molar-refractivity contribution is 6.33. The van der Waals surface area contributed by atoms with E-state index in [1.807, 2.05) is 36.4 Å². The van der Waals surface area contributed by atoms with E-state index < -0.39 is 0 Å². The molecule has 0 saturated carbocycles. The summed E-state index contributed by atoms with van der Waals surface area (Å²) in [5.74, 6) is 1.09. The largest absolute Gasteiger partial charge is 0.493 e. The van der Waals surface area contributed by atoms with E-state index >= 15 is 0 Å². The first kappa shape index (κ1) is 20.4. The van der Waals surface area contributed by atoms with Crippen LogP contribution in [0.15, 0.2) is 67.0 Å². The van der Waals surface area contributed by atoms with Gasteiger partial charge in [-0.25, -0.2) is 9.37 Å². The number of ether oxygens (including phenoxy) is 2. The number of benzene rings is 3. The molecule has 162 valence electrons. The average Bonchev–Trinajstić information content (AvgIpc) is 3.23. The number of fused-ring (bicyclic) bond motifs is 3. The lowest BCUT2D eigenvalue weighted by Crippen LogP contribution is -2.29. The first-order valence-corrected chi connectivity index (χ1v) is 10.5. The summed E-state index contributed by atoms with van der Waals surface area (Å²) in [6.07, 6.45) is 1.80. The SMILES string of the molecule is COc1ccc(CN2Cc3c(-c4ccc(F)cc4)ncn3-c3cccc(Cl)c32)cc1OC. The van der Waals surface area contributed by atoms with Crippen molar-refractivity contribution in [2.24, 2.45) is 0 Å². The van der Waals surface area contributed by atoms with E-state index in [1.54, 1.807) is 32.7 Å². The Morgan fingerprint density at radius 1 is 1.00 bits per heavy atom. The summed E-state index contributed by atoms with van der Waals surface area (Å²) in [4.78, 5) is 6.88. The van der Waals surface area contributed by atoms with Crippen molar-refractivity contribution >= 4 is 17.3 Å². The van der Waals surface area contributed by atoms with Crippen LogP contribution in [0, 0.1) is 5.82 Å². The molecule has 3 aromatic carbocycles. The first-order chi connectivity index (χ1) is 15.6. The van der Waals surface area contributed by atoms with Crippen molar-refractivity contribution in [2.45, 2.75) is 13.1 Å². The number of rotatable bonds is 5. The highest BCUT2D eigenvalue weighted by Crippen LogP contribution is 2.41. The lowest BCUT2D eigenvalue weighted by Gasteiger charge is -2.33. The van der Waals surface area contributed by atoms with Crippen molar-refractivity contribution in [2.75, 3.05) is 19.1 Å². The predicted molar refractivity (Wildman–Crippen MR) is 123 cm³/mol. The third-order valence-corrected chi connectivity index (χ3v) is 5.99. The van der Waals surface area contributed by atoms with Crippen LogP contribution in [0.5, 0.6) is 11.5 Å². The van der Waals surface area contributed by atoms with Crippen molar-refractivity contribution in [1.29, 1.82) is 0 Å². The van der Waals surface area contributed by atoms with Crippen LogP contribution in [0.25, 0.3) is 16.9 Å². The van der Waals surface area contributed by atoms with E-state index in [9.17, 15) is 4.39 Å². The molecule has 5 rings (SSSR count). The second-order valence-electron chi connectivity index (χ2n) is 7.57. The lowest BCUT2D eigenvalue weighted by atomic mass is 10.1. The second-order valence-corrected chi connectivity index (χ2v) is 7.98. The monoisotopic (exact) mass is 449 g/mol. The van der Waals surface area contributed by atoms with Crippen LogP contribution in [0.2, 0.25) is 5.02 Å². The van der Waals surface area contributed by atoms with Crippen LogP contribution in [0.4, 0.5) is 10.1 Å². The summed E-state index contributed by atoms with van der Waals surface area (Å²) < 4.78 is 26.4. The fourth-order valence-corrected chi connectivity index (χ4v) is 4.48. The van der Waals surface area contributed by atoms with Gasteiger partial charge in [0.1, 0.15) is 12.1 Å². The molecule has 7 heteroatoms. The Bertz CT molecular complexity index is 1290. The van der Waals surface area contributed by atoms with Gasteiger partial charge in [0.05, 0.1) is 48.5 Å². The van der Waals surface area contributed by atoms with E-state index in [-0.39, 0.29) is 5.82 Å². The van der Waals surface area contributed by atoms with Gasteiger partial charge in [0, 0.05) is 12.1 Å². The summed E-state index contributed by atoms with van der Waals surface area (Å²) in [6.45, 7) is 1.21. The standard InChI is InChI=1S/C25H21ClFN3O2/c1-31-22-11-6-16(12-23(22)32-2)13-29-14-21-24(17-7-9-18(27)10-8-17)28-15-30(21)20-5-3-4-19(26)25(20)29/h3-12,15H,13-14H2,1-2H3. The van der Waals surface area contributed by atoms with Crippen molar-refractivity contribution in [3.63, 3.8) is 0 Å². The van der Waals surface area contributed by atoms with Crippen molar-refractivity contribution < 1.29 is 13.9 Å². The van der Waals surface area contributed by atoms with Gasteiger partial charge in [-0.3, -0.25) is 4.57 Å². The molecule has 0 amide bonds. The average molecular weight is 450 g/mol. The lowest BCUT2D eigenvalue weighted by molar-refractivity contribution is 0.354. The zero-order valence-corrected chi connectivity index (χ0v) is 18.4. The molecular formula is C25H21ClFN3O2. The molecule has 2 heterocycles. The van der Waals surface area contributed by atoms with Gasteiger partial charge in [-0.15, -0.1) is 0 Å². The highest BCUT2D eigenvalue weighted by Gasteiger charge is 2.27. The second kappa shape index (κ2) is 8.20. The van der Waals surface area contributed by atoms with Gasteiger partial charge < -0.3 is 14.4 Å². The fourth-order valence-electron chi connectivity index (χ4n) is 4.19. The molecule has 1 aliphatic heterocycles. The number of methoxy groups -OCH3 is 2. The van der Waals surface area contributed by atoms with Gasteiger partial charge in [0.15, 0.2) is 11.5 Å².